The topological polar surface area (TPSA) is 69.6 Å². The quantitative estimate of drug-likeness (QED) is 0.740. The van der Waals surface area contributed by atoms with Gasteiger partial charge in [-0.3, -0.25) is 0 Å². The van der Waals surface area contributed by atoms with Gasteiger partial charge in [-0.25, -0.2) is 4.68 Å². The van der Waals surface area contributed by atoms with Crippen LogP contribution in [0.2, 0.25) is 0 Å². The highest BCUT2D eigenvalue weighted by Crippen LogP contribution is 2.21. The molecule has 1 heterocycles. The molecule has 0 radical (unpaired) electrons. The molecule has 0 bridgehead atoms. The minimum Gasteiger partial charge on any atom is -0.324 e. The van der Waals surface area contributed by atoms with Crippen LogP contribution in [0.25, 0.3) is 0 Å². The second-order valence-electron chi connectivity index (χ2n) is 3.97. The van der Waals surface area contributed by atoms with E-state index in [-0.39, 0.29) is 5.41 Å². The third-order valence-corrected chi connectivity index (χ3v) is 2.32. The maximum atomic E-state index is 5.49. The molecule has 0 saturated heterocycles. The number of aromatic nitrogens is 4. The predicted octanol–water partition coefficient (Wildman–Crippen LogP) is 0.568. The van der Waals surface area contributed by atoms with E-state index < -0.39 is 0 Å². The third-order valence-electron chi connectivity index (χ3n) is 2.32. The van der Waals surface area contributed by atoms with Crippen LogP contribution in [0.15, 0.2) is 0 Å². The van der Waals surface area contributed by atoms with E-state index in [4.69, 9.17) is 5.73 Å². The Morgan fingerprint density at radius 1 is 1.46 bits per heavy atom. The largest absolute Gasteiger partial charge is 0.324 e. The molecule has 0 atom stereocenters. The first kappa shape index (κ1) is 10.1. The van der Waals surface area contributed by atoms with E-state index in [9.17, 15) is 0 Å². The van der Waals surface area contributed by atoms with Crippen molar-refractivity contribution in [2.75, 3.05) is 0 Å². The number of tetrazole rings is 1. The van der Waals surface area contributed by atoms with E-state index in [1.54, 1.807) is 4.68 Å². The van der Waals surface area contributed by atoms with Gasteiger partial charge in [0.1, 0.15) is 0 Å². The molecule has 0 aliphatic heterocycles. The van der Waals surface area contributed by atoms with Crippen LogP contribution in [0.3, 0.4) is 0 Å². The Balaban J connectivity index is 2.73. The van der Waals surface area contributed by atoms with Crippen LogP contribution in [0, 0.1) is 5.41 Å². The maximum Gasteiger partial charge on any atom is 0.164 e. The Hall–Kier alpha value is -0.970. The van der Waals surface area contributed by atoms with Crippen LogP contribution in [0.1, 0.15) is 33.0 Å². The number of hydrogen-bond acceptors (Lipinski definition) is 4. The molecule has 0 saturated carbocycles. The first-order valence-corrected chi connectivity index (χ1v) is 4.54. The van der Waals surface area contributed by atoms with Gasteiger partial charge in [0.25, 0.3) is 0 Å². The summed E-state index contributed by atoms with van der Waals surface area (Å²) in [7, 11) is 0. The Morgan fingerprint density at radius 2 is 2.15 bits per heavy atom. The second-order valence-corrected chi connectivity index (χ2v) is 3.97. The molecule has 0 unspecified atom stereocenters. The van der Waals surface area contributed by atoms with Crippen molar-refractivity contribution in [2.45, 2.75) is 40.3 Å². The van der Waals surface area contributed by atoms with Gasteiger partial charge in [0.15, 0.2) is 5.82 Å². The van der Waals surface area contributed by atoms with Crippen molar-refractivity contribution in [1.29, 1.82) is 0 Å². The van der Waals surface area contributed by atoms with Crippen molar-refractivity contribution in [1.82, 2.24) is 20.2 Å². The smallest absolute Gasteiger partial charge is 0.164 e. The number of rotatable bonds is 4. The first-order chi connectivity index (χ1) is 6.09. The summed E-state index contributed by atoms with van der Waals surface area (Å²) < 4.78 is 1.78. The van der Waals surface area contributed by atoms with E-state index in [1.165, 1.54) is 0 Å². The van der Waals surface area contributed by atoms with Gasteiger partial charge in [-0.15, -0.1) is 5.10 Å². The Bertz CT molecular complexity index is 265. The van der Waals surface area contributed by atoms with Crippen LogP contribution in [0.5, 0.6) is 0 Å². The molecule has 5 nitrogen and oxygen atoms in total. The fourth-order valence-electron chi connectivity index (χ4n) is 1.01. The van der Waals surface area contributed by atoms with Crippen LogP contribution < -0.4 is 5.73 Å². The molecule has 5 heteroatoms. The average molecular weight is 183 g/mol. The zero-order valence-electron chi connectivity index (χ0n) is 8.49. The summed E-state index contributed by atoms with van der Waals surface area (Å²) >= 11 is 0. The molecule has 13 heavy (non-hydrogen) atoms. The molecule has 1 aromatic heterocycles. The molecular weight excluding hydrogens is 166 g/mol. The molecule has 0 fully saturated rings. The molecule has 1 rings (SSSR count). The van der Waals surface area contributed by atoms with Crippen LogP contribution >= 0.6 is 0 Å². The molecular formula is C8H17N5. The van der Waals surface area contributed by atoms with Crippen LogP contribution in [-0.2, 0) is 13.1 Å². The maximum absolute atomic E-state index is 5.49. The Morgan fingerprint density at radius 3 is 2.69 bits per heavy atom. The molecule has 0 aromatic carbocycles. The number of hydrogen-bond donors (Lipinski definition) is 1. The zero-order chi connectivity index (χ0) is 9.90. The van der Waals surface area contributed by atoms with E-state index in [2.05, 4.69) is 36.3 Å². The van der Waals surface area contributed by atoms with Gasteiger partial charge in [0.2, 0.25) is 0 Å². The normalized spacial score (nSPS) is 12.0. The van der Waals surface area contributed by atoms with Gasteiger partial charge in [0.05, 0.1) is 6.54 Å². The van der Waals surface area contributed by atoms with Gasteiger partial charge in [-0.2, -0.15) is 0 Å². The second kappa shape index (κ2) is 3.83. The average Bonchev–Trinajstić information content (AvgIpc) is 2.51. The standard InChI is InChI=1S/C8H17N5/c1-4-8(2,3)6-13-7(5-9)10-11-12-13/h4-6,9H2,1-3H3. The van der Waals surface area contributed by atoms with Crippen molar-refractivity contribution in [3.8, 4) is 0 Å². The highest BCUT2D eigenvalue weighted by Gasteiger charge is 2.18. The van der Waals surface area contributed by atoms with E-state index in [0.29, 0.717) is 6.54 Å². The molecule has 0 spiro atoms. The van der Waals surface area contributed by atoms with E-state index >= 15 is 0 Å². The summed E-state index contributed by atoms with van der Waals surface area (Å²) in [4.78, 5) is 0. The van der Waals surface area contributed by atoms with Gasteiger partial charge in [0, 0.05) is 6.54 Å². The van der Waals surface area contributed by atoms with Crippen molar-refractivity contribution in [3.63, 3.8) is 0 Å². The minimum absolute atomic E-state index is 0.222. The van der Waals surface area contributed by atoms with Crippen molar-refractivity contribution < 1.29 is 0 Å². The fraction of sp³-hybridized carbons (Fsp3) is 0.875. The SMILES string of the molecule is CCC(C)(C)Cn1nnnc1CN. The van der Waals surface area contributed by atoms with Gasteiger partial charge in [-0.05, 0) is 22.3 Å². The van der Waals surface area contributed by atoms with Crippen molar-refractivity contribution in [3.05, 3.63) is 5.82 Å². The highest BCUT2D eigenvalue weighted by molar-refractivity contribution is 4.80. The summed E-state index contributed by atoms with van der Waals surface area (Å²) in [5.41, 5.74) is 5.71. The molecule has 0 amide bonds. The monoisotopic (exact) mass is 183 g/mol. The van der Waals surface area contributed by atoms with Gasteiger partial charge >= 0.3 is 0 Å². The summed E-state index contributed by atoms with van der Waals surface area (Å²) in [6, 6.07) is 0. The van der Waals surface area contributed by atoms with E-state index in [0.717, 1.165) is 18.8 Å². The first-order valence-electron chi connectivity index (χ1n) is 4.54. The van der Waals surface area contributed by atoms with E-state index in [1.807, 2.05) is 0 Å². The van der Waals surface area contributed by atoms with Crippen LogP contribution in [0.4, 0.5) is 0 Å². The lowest BCUT2D eigenvalue weighted by Gasteiger charge is -2.22. The van der Waals surface area contributed by atoms with Crippen molar-refractivity contribution >= 4 is 0 Å². The molecule has 74 valence electrons. The summed E-state index contributed by atoms with van der Waals surface area (Å²) in [5.74, 6) is 0.751. The molecule has 0 aliphatic carbocycles. The highest BCUT2D eigenvalue weighted by atomic mass is 15.5. The summed E-state index contributed by atoms with van der Waals surface area (Å²) in [5, 5.41) is 11.3. The molecule has 1 aromatic rings. The van der Waals surface area contributed by atoms with Gasteiger partial charge < -0.3 is 5.73 Å². The molecule has 0 aliphatic rings. The number of nitrogens with zero attached hydrogens (tertiary/aromatic N) is 4. The fourth-order valence-corrected chi connectivity index (χ4v) is 1.01. The third kappa shape index (κ3) is 2.48. The Labute approximate surface area is 78.3 Å². The Kier molecular flexibility index (Phi) is 2.98. The lowest BCUT2D eigenvalue weighted by Crippen LogP contribution is -2.22. The lowest BCUT2D eigenvalue weighted by atomic mass is 9.90. The zero-order valence-corrected chi connectivity index (χ0v) is 8.49. The predicted molar refractivity (Wildman–Crippen MR) is 49.8 cm³/mol. The minimum atomic E-state index is 0.222. The molecule has 2 N–H and O–H groups in total. The van der Waals surface area contributed by atoms with Crippen molar-refractivity contribution in [2.24, 2.45) is 11.1 Å². The lowest BCUT2D eigenvalue weighted by molar-refractivity contribution is 0.273. The number of nitrogens with two attached hydrogens (primary N) is 1. The van der Waals surface area contributed by atoms with Gasteiger partial charge in [-0.1, -0.05) is 20.8 Å². The summed E-state index contributed by atoms with van der Waals surface area (Å²) in [6.45, 7) is 7.76. The van der Waals surface area contributed by atoms with Crippen LogP contribution in [-0.4, -0.2) is 20.2 Å². The summed E-state index contributed by atoms with van der Waals surface area (Å²) in [6.07, 6.45) is 1.09.